The lowest BCUT2D eigenvalue weighted by Crippen LogP contribution is -2.37. The Bertz CT molecular complexity index is 1210. The van der Waals surface area contributed by atoms with Crippen molar-refractivity contribution in [3.05, 3.63) is 53.6 Å². The number of hydrogen-bond acceptors (Lipinski definition) is 8. The SMILES string of the molecule is COc1ccc(C2=NN(Cc3ccc(NC(=O)OCCCN4CCOCC4)cc3)C(=O)CC2)cc1OC1CCCC1. The smallest absolute Gasteiger partial charge is 0.411 e. The summed E-state index contributed by atoms with van der Waals surface area (Å²) in [7, 11) is 1.65. The molecule has 1 N–H and O–H groups in total. The summed E-state index contributed by atoms with van der Waals surface area (Å²) in [5.74, 6) is 1.41. The Kier molecular flexibility index (Phi) is 10.1. The molecule has 0 atom stereocenters. The van der Waals surface area contributed by atoms with Gasteiger partial charge in [0.25, 0.3) is 0 Å². The van der Waals surface area contributed by atoms with Gasteiger partial charge in [0.15, 0.2) is 11.5 Å². The molecule has 2 heterocycles. The summed E-state index contributed by atoms with van der Waals surface area (Å²) in [5.41, 5.74) is 3.32. The van der Waals surface area contributed by atoms with Gasteiger partial charge in [0.05, 0.1) is 45.3 Å². The molecule has 1 saturated carbocycles. The van der Waals surface area contributed by atoms with Gasteiger partial charge in [-0.1, -0.05) is 12.1 Å². The van der Waals surface area contributed by atoms with Gasteiger partial charge >= 0.3 is 6.09 Å². The molecule has 1 saturated heterocycles. The van der Waals surface area contributed by atoms with Crippen molar-refractivity contribution >= 4 is 23.4 Å². The molecule has 0 bridgehead atoms. The van der Waals surface area contributed by atoms with Crippen LogP contribution in [0.2, 0.25) is 0 Å². The van der Waals surface area contributed by atoms with Gasteiger partial charge in [-0.2, -0.15) is 5.10 Å². The molecule has 2 fully saturated rings. The van der Waals surface area contributed by atoms with Gasteiger partial charge in [-0.15, -0.1) is 0 Å². The number of hydrazone groups is 1. The average Bonchev–Trinajstić information content (AvgIpc) is 3.51. The summed E-state index contributed by atoms with van der Waals surface area (Å²) in [5, 5.41) is 8.99. The molecule has 10 heteroatoms. The third kappa shape index (κ3) is 8.20. The number of hydrogen-bond donors (Lipinski definition) is 1. The quantitative estimate of drug-likeness (QED) is 0.391. The lowest BCUT2D eigenvalue weighted by atomic mass is 10.0. The van der Waals surface area contributed by atoms with Crippen molar-refractivity contribution in [3.63, 3.8) is 0 Å². The average molecular weight is 565 g/mol. The van der Waals surface area contributed by atoms with E-state index >= 15 is 0 Å². The van der Waals surface area contributed by atoms with Crippen LogP contribution in [0.4, 0.5) is 10.5 Å². The Morgan fingerprint density at radius 3 is 2.59 bits per heavy atom. The second kappa shape index (κ2) is 14.3. The van der Waals surface area contributed by atoms with E-state index in [1.807, 2.05) is 30.3 Å². The first-order valence-electron chi connectivity index (χ1n) is 14.6. The van der Waals surface area contributed by atoms with Crippen molar-refractivity contribution in [2.24, 2.45) is 5.10 Å². The molecule has 1 aliphatic carbocycles. The number of ether oxygens (including phenoxy) is 4. The molecule has 0 radical (unpaired) electrons. The summed E-state index contributed by atoms with van der Waals surface area (Å²) >= 11 is 0. The summed E-state index contributed by atoms with van der Waals surface area (Å²) in [6, 6.07) is 13.2. The first-order chi connectivity index (χ1) is 20.1. The number of anilines is 1. The molecule has 5 rings (SSSR count). The van der Waals surface area contributed by atoms with Crippen LogP contribution in [0.1, 0.15) is 56.1 Å². The number of amides is 2. The highest BCUT2D eigenvalue weighted by Crippen LogP contribution is 2.33. The molecule has 0 aromatic heterocycles. The third-order valence-electron chi connectivity index (χ3n) is 7.69. The zero-order chi connectivity index (χ0) is 28.4. The third-order valence-corrected chi connectivity index (χ3v) is 7.69. The largest absolute Gasteiger partial charge is 0.493 e. The fraction of sp³-hybridized carbons (Fsp3) is 0.516. The second-order valence-corrected chi connectivity index (χ2v) is 10.7. The minimum Gasteiger partial charge on any atom is -0.493 e. The molecule has 2 aromatic rings. The van der Waals surface area contributed by atoms with Crippen LogP contribution in [0.5, 0.6) is 11.5 Å². The maximum atomic E-state index is 12.7. The fourth-order valence-electron chi connectivity index (χ4n) is 5.36. The summed E-state index contributed by atoms with van der Waals surface area (Å²) < 4.78 is 22.5. The normalized spacial score (nSPS) is 18.2. The Hall–Kier alpha value is -3.63. The number of carbonyl (C=O) groups is 2. The highest BCUT2D eigenvalue weighted by molar-refractivity contribution is 6.04. The molecular weight excluding hydrogens is 524 g/mol. The van der Waals surface area contributed by atoms with Crippen LogP contribution < -0.4 is 14.8 Å². The van der Waals surface area contributed by atoms with Crippen molar-refractivity contribution in [2.75, 3.05) is 51.9 Å². The second-order valence-electron chi connectivity index (χ2n) is 10.7. The van der Waals surface area contributed by atoms with Crippen molar-refractivity contribution in [1.82, 2.24) is 9.91 Å². The maximum Gasteiger partial charge on any atom is 0.411 e. The van der Waals surface area contributed by atoms with E-state index in [9.17, 15) is 9.59 Å². The molecular formula is C31H40N4O6. The molecule has 3 aliphatic rings. The van der Waals surface area contributed by atoms with Gasteiger partial charge in [0, 0.05) is 43.7 Å². The van der Waals surface area contributed by atoms with Gasteiger partial charge in [-0.25, -0.2) is 9.80 Å². The Balaban J connectivity index is 1.14. The lowest BCUT2D eigenvalue weighted by Gasteiger charge is -2.26. The van der Waals surface area contributed by atoms with Crippen LogP contribution >= 0.6 is 0 Å². The summed E-state index contributed by atoms with van der Waals surface area (Å²) in [6.07, 6.45) is 5.97. The molecule has 41 heavy (non-hydrogen) atoms. The number of methoxy groups -OCH3 is 1. The fourth-order valence-corrected chi connectivity index (χ4v) is 5.36. The monoisotopic (exact) mass is 564 g/mol. The first-order valence-corrected chi connectivity index (χ1v) is 14.6. The van der Waals surface area contributed by atoms with Gasteiger partial charge in [-0.05, 0) is 68.0 Å². The van der Waals surface area contributed by atoms with Crippen molar-refractivity contribution < 1.29 is 28.5 Å². The molecule has 10 nitrogen and oxygen atoms in total. The molecule has 2 aromatic carbocycles. The van der Waals surface area contributed by atoms with E-state index in [2.05, 4.69) is 10.2 Å². The number of carbonyl (C=O) groups excluding carboxylic acids is 2. The van der Waals surface area contributed by atoms with Gasteiger partial charge in [0.1, 0.15) is 0 Å². The zero-order valence-electron chi connectivity index (χ0n) is 23.8. The molecule has 2 aliphatic heterocycles. The van der Waals surface area contributed by atoms with Crippen LogP contribution in [-0.2, 0) is 20.8 Å². The van der Waals surface area contributed by atoms with Crippen molar-refractivity contribution in [3.8, 4) is 11.5 Å². The molecule has 0 unspecified atom stereocenters. The van der Waals surface area contributed by atoms with Crippen LogP contribution in [0.15, 0.2) is 47.6 Å². The number of nitrogens with zero attached hydrogens (tertiary/aromatic N) is 3. The van der Waals surface area contributed by atoms with Crippen LogP contribution in [0.25, 0.3) is 0 Å². The number of rotatable bonds is 11. The predicted molar refractivity (Wildman–Crippen MR) is 155 cm³/mol. The van der Waals surface area contributed by atoms with Crippen LogP contribution in [0, 0.1) is 0 Å². The molecule has 0 spiro atoms. The predicted octanol–water partition coefficient (Wildman–Crippen LogP) is 4.81. The Morgan fingerprint density at radius 1 is 1.05 bits per heavy atom. The maximum absolute atomic E-state index is 12.7. The van der Waals surface area contributed by atoms with E-state index in [0.717, 1.165) is 74.7 Å². The number of benzene rings is 2. The summed E-state index contributed by atoms with van der Waals surface area (Å²) in [6.45, 7) is 4.96. The van der Waals surface area contributed by atoms with Crippen LogP contribution in [-0.4, -0.2) is 80.3 Å². The van der Waals surface area contributed by atoms with E-state index in [1.165, 1.54) is 17.9 Å². The van der Waals surface area contributed by atoms with Crippen molar-refractivity contribution in [1.29, 1.82) is 0 Å². The highest BCUT2D eigenvalue weighted by Gasteiger charge is 2.24. The Morgan fingerprint density at radius 2 is 1.83 bits per heavy atom. The summed E-state index contributed by atoms with van der Waals surface area (Å²) in [4.78, 5) is 27.2. The highest BCUT2D eigenvalue weighted by atomic mass is 16.5. The number of nitrogens with one attached hydrogen (secondary N) is 1. The van der Waals surface area contributed by atoms with Gasteiger partial charge < -0.3 is 18.9 Å². The topological polar surface area (TPSA) is 102 Å². The molecule has 2 amide bonds. The Labute approximate surface area is 241 Å². The van der Waals surface area contributed by atoms with E-state index in [0.29, 0.717) is 37.4 Å². The van der Waals surface area contributed by atoms with Crippen molar-refractivity contribution in [2.45, 2.75) is 57.6 Å². The minimum absolute atomic E-state index is 0.0208. The molecule has 220 valence electrons. The standard InChI is InChI=1S/C31H40N4O6/c1-38-28-13-9-24(21-29(28)41-26-5-2-3-6-26)27-12-14-30(36)35(33-27)22-23-7-10-25(11-8-23)32-31(37)40-18-4-15-34-16-19-39-20-17-34/h7-11,13,21,26H,2-6,12,14-20,22H2,1H3,(H,32,37). The van der Waals surface area contributed by atoms with E-state index < -0.39 is 6.09 Å². The first kappa shape index (κ1) is 28.9. The van der Waals surface area contributed by atoms with Crippen LogP contribution in [0.3, 0.4) is 0 Å². The van der Waals surface area contributed by atoms with E-state index in [1.54, 1.807) is 19.2 Å². The van der Waals surface area contributed by atoms with Gasteiger partial charge in [0.2, 0.25) is 5.91 Å². The number of morpholine rings is 1. The minimum atomic E-state index is -0.476. The lowest BCUT2D eigenvalue weighted by molar-refractivity contribution is -0.132. The van der Waals surface area contributed by atoms with E-state index in [4.69, 9.17) is 24.0 Å². The zero-order valence-corrected chi connectivity index (χ0v) is 23.8. The van der Waals surface area contributed by atoms with Gasteiger partial charge in [-0.3, -0.25) is 15.0 Å². The van der Waals surface area contributed by atoms with E-state index in [-0.39, 0.29) is 12.0 Å².